The minimum atomic E-state index is -0.376. The molecule has 0 aliphatic heterocycles. The van der Waals surface area contributed by atoms with Crippen LogP contribution in [0.2, 0.25) is 0 Å². The van der Waals surface area contributed by atoms with Gasteiger partial charge in [-0.2, -0.15) is 0 Å². The second-order valence-corrected chi connectivity index (χ2v) is 6.24. The Bertz CT molecular complexity index is 928. The van der Waals surface area contributed by atoms with Crippen LogP contribution in [-0.4, -0.2) is 28.5 Å². The molecule has 0 aromatic carbocycles. The predicted molar refractivity (Wildman–Crippen MR) is 93.5 cm³/mol. The van der Waals surface area contributed by atoms with Gasteiger partial charge >= 0.3 is 0 Å². The Morgan fingerprint density at radius 1 is 1.27 bits per heavy atom. The zero-order valence-electron chi connectivity index (χ0n) is 14.8. The lowest BCUT2D eigenvalue weighted by Gasteiger charge is -2.09. The molecular formula is C18H20N4O4. The zero-order chi connectivity index (χ0) is 18.7. The van der Waals surface area contributed by atoms with Crippen LogP contribution in [0.4, 0.5) is 0 Å². The third-order valence-corrected chi connectivity index (χ3v) is 3.92. The zero-order valence-corrected chi connectivity index (χ0v) is 14.8. The molecule has 3 aromatic rings. The normalized spacial score (nSPS) is 11.1. The number of aromatic nitrogens is 2. The number of fused-ring (bicyclic) bond motifs is 1. The van der Waals surface area contributed by atoms with Crippen LogP contribution in [0.15, 0.2) is 33.4 Å². The average Bonchev–Trinajstić information content (AvgIpc) is 3.27. The van der Waals surface area contributed by atoms with Gasteiger partial charge in [-0.3, -0.25) is 9.59 Å². The van der Waals surface area contributed by atoms with Crippen molar-refractivity contribution in [2.75, 3.05) is 6.54 Å². The van der Waals surface area contributed by atoms with Gasteiger partial charge in [0.25, 0.3) is 11.6 Å². The highest BCUT2D eigenvalue weighted by atomic mass is 16.5. The summed E-state index contributed by atoms with van der Waals surface area (Å²) in [4.78, 5) is 28.9. The van der Waals surface area contributed by atoms with Crippen LogP contribution in [0.3, 0.4) is 0 Å². The molecule has 0 fully saturated rings. The van der Waals surface area contributed by atoms with Crippen molar-refractivity contribution in [1.82, 2.24) is 20.8 Å². The molecule has 0 bridgehead atoms. The highest BCUT2D eigenvalue weighted by molar-refractivity contribution is 6.06. The fourth-order valence-electron chi connectivity index (χ4n) is 2.51. The van der Waals surface area contributed by atoms with Crippen molar-refractivity contribution in [1.29, 1.82) is 0 Å². The Hall–Kier alpha value is -3.16. The first-order valence-electron chi connectivity index (χ1n) is 8.30. The fourth-order valence-corrected chi connectivity index (χ4v) is 2.51. The molecule has 0 saturated heterocycles. The van der Waals surface area contributed by atoms with Crippen molar-refractivity contribution in [3.8, 4) is 0 Å². The monoisotopic (exact) mass is 356 g/mol. The molecule has 0 aliphatic carbocycles. The van der Waals surface area contributed by atoms with Gasteiger partial charge in [-0.15, -0.1) is 0 Å². The van der Waals surface area contributed by atoms with Gasteiger partial charge < -0.3 is 19.6 Å². The number of nitrogens with one attached hydrogen (secondary N) is 2. The lowest BCUT2D eigenvalue weighted by atomic mass is 10.0. The second kappa shape index (κ2) is 7.38. The highest BCUT2D eigenvalue weighted by Crippen LogP contribution is 2.24. The number of pyridine rings is 1. The Kier molecular flexibility index (Phi) is 5.01. The summed E-state index contributed by atoms with van der Waals surface area (Å²) in [6, 6.07) is 5.22. The molecule has 0 spiro atoms. The van der Waals surface area contributed by atoms with Crippen LogP contribution in [0, 0.1) is 6.92 Å². The van der Waals surface area contributed by atoms with Gasteiger partial charge in [-0.1, -0.05) is 19.0 Å². The van der Waals surface area contributed by atoms with Gasteiger partial charge in [0.15, 0.2) is 0 Å². The Morgan fingerprint density at radius 3 is 2.77 bits per heavy atom. The number of carbonyl (C=O) groups is 2. The molecular weight excluding hydrogens is 336 g/mol. The molecule has 8 heteroatoms. The second-order valence-electron chi connectivity index (χ2n) is 6.24. The van der Waals surface area contributed by atoms with E-state index in [1.807, 2.05) is 13.8 Å². The summed E-state index contributed by atoms with van der Waals surface area (Å²) in [6.45, 7) is 5.81. The Balaban J connectivity index is 1.70. The largest absolute Gasteiger partial charge is 0.467 e. The number of aryl methyl sites for hydroxylation is 1. The molecule has 0 saturated carbocycles. The molecule has 3 heterocycles. The smallest absolute Gasteiger partial charge is 0.259 e. The van der Waals surface area contributed by atoms with Crippen LogP contribution in [0.5, 0.6) is 0 Å². The predicted octanol–water partition coefficient (Wildman–Crippen LogP) is 2.29. The molecule has 0 aliphatic rings. The molecule has 8 nitrogen and oxygen atoms in total. The van der Waals surface area contributed by atoms with Gasteiger partial charge in [0.1, 0.15) is 5.76 Å². The first kappa shape index (κ1) is 17.7. The number of amides is 2. The summed E-state index contributed by atoms with van der Waals surface area (Å²) in [5, 5.41) is 9.74. The summed E-state index contributed by atoms with van der Waals surface area (Å²) in [6.07, 6.45) is 1.53. The summed E-state index contributed by atoms with van der Waals surface area (Å²) in [5.41, 5.74) is 2.02. The molecule has 0 radical (unpaired) electrons. The standard InChI is InChI=1S/C18H20N4O4/c1-10(2)14-7-13(16-11(3)22-26-18(16)21-14)17(24)20-9-15(23)19-8-12-5-4-6-25-12/h4-7,10H,8-9H2,1-3H3,(H,19,23)(H,20,24). The fraction of sp³-hybridized carbons (Fsp3) is 0.333. The lowest BCUT2D eigenvalue weighted by Crippen LogP contribution is -2.36. The number of hydrogen-bond donors (Lipinski definition) is 2. The SMILES string of the molecule is Cc1noc2nc(C(C)C)cc(C(=O)NCC(=O)NCc3ccco3)c12. The minimum absolute atomic E-state index is 0.118. The van der Waals surface area contributed by atoms with Gasteiger partial charge in [0.2, 0.25) is 5.91 Å². The van der Waals surface area contributed by atoms with E-state index in [-0.39, 0.29) is 30.8 Å². The quantitative estimate of drug-likeness (QED) is 0.701. The minimum Gasteiger partial charge on any atom is -0.467 e. The van der Waals surface area contributed by atoms with E-state index in [1.54, 1.807) is 25.1 Å². The molecule has 2 amide bonds. The van der Waals surface area contributed by atoms with Crippen molar-refractivity contribution in [3.63, 3.8) is 0 Å². The molecule has 2 N–H and O–H groups in total. The molecule has 136 valence electrons. The maximum Gasteiger partial charge on any atom is 0.259 e. The number of furan rings is 1. The average molecular weight is 356 g/mol. The van der Waals surface area contributed by atoms with Crippen LogP contribution in [0.1, 0.15) is 47.3 Å². The first-order chi connectivity index (χ1) is 12.5. The van der Waals surface area contributed by atoms with Crippen molar-refractivity contribution in [2.45, 2.75) is 33.2 Å². The van der Waals surface area contributed by atoms with Gasteiger partial charge in [0.05, 0.1) is 36.0 Å². The van der Waals surface area contributed by atoms with E-state index < -0.39 is 0 Å². The topological polar surface area (TPSA) is 110 Å². The summed E-state index contributed by atoms with van der Waals surface area (Å²) >= 11 is 0. The Labute approximate surface area is 149 Å². The number of rotatable bonds is 6. The van der Waals surface area contributed by atoms with E-state index in [1.165, 1.54) is 6.26 Å². The number of nitrogens with zero attached hydrogens (tertiary/aromatic N) is 2. The van der Waals surface area contributed by atoms with Crippen LogP contribution in [-0.2, 0) is 11.3 Å². The van der Waals surface area contributed by atoms with Crippen LogP contribution >= 0.6 is 0 Å². The van der Waals surface area contributed by atoms with E-state index in [4.69, 9.17) is 8.94 Å². The third kappa shape index (κ3) is 3.74. The molecule has 0 atom stereocenters. The van der Waals surface area contributed by atoms with Crippen molar-refractivity contribution >= 4 is 22.9 Å². The molecule has 26 heavy (non-hydrogen) atoms. The highest BCUT2D eigenvalue weighted by Gasteiger charge is 2.20. The van der Waals surface area contributed by atoms with Crippen LogP contribution in [0.25, 0.3) is 11.1 Å². The van der Waals surface area contributed by atoms with E-state index >= 15 is 0 Å². The first-order valence-corrected chi connectivity index (χ1v) is 8.30. The third-order valence-electron chi connectivity index (χ3n) is 3.92. The van der Waals surface area contributed by atoms with E-state index in [0.717, 1.165) is 5.69 Å². The maximum absolute atomic E-state index is 12.6. The summed E-state index contributed by atoms with van der Waals surface area (Å²) in [5.74, 6) is 0.0695. The lowest BCUT2D eigenvalue weighted by molar-refractivity contribution is -0.120. The van der Waals surface area contributed by atoms with Crippen LogP contribution < -0.4 is 10.6 Å². The van der Waals surface area contributed by atoms with Crippen molar-refractivity contribution < 1.29 is 18.5 Å². The Morgan fingerprint density at radius 2 is 2.08 bits per heavy atom. The van der Waals surface area contributed by atoms with Gasteiger partial charge in [-0.25, -0.2) is 4.98 Å². The molecule has 0 unspecified atom stereocenters. The molecule has 3 rings (SSSR count). The van der Waals surface area contributed by atoms with E-state index in [0.29, 0.717) is 28.1 Å². The van der Waals surface area contributed by atoms with Gasteiger partial charge in [-0.05, 0) is 31.0 Å². The van der Waals surface area contributed by atoms with E-state index in [9.17, 15) is 9.59 Å². The molecule has 3 aromatic heterocycles. The maximum atomic E-state index is 12.6. The van der Waals surface area contributed by atoms with Crippen molar-refractivity contribution in [2.24, 2.45) is 0 Å². The van der Waals surface area contributed by atoms with Gasteiger partial charge in [0, 0.05) is 5.69 Å². The number of carbonyl (C=O) groups excluding carboxylic acids is 2. The van der Waals surface area contributed by atoms with Crippen molar-refractivity contribution in [3.05, 3.63) is 47.2 Å². The summed E-state index contributed by atoms with van der Waals surface area (Å²) < 4.78 is 10.3. The van der Waals surface area contributed by atoms with E-state index in [2.05, 4.69) is 20.8 Å². The summed E-state index contributed by atoms with van der Waals surface area (Å²) in [7, 11) is 0. The number of hydrogen-bond acceptors (Lipinski definition) is 6.